The molecule has 0 aliphatic heterocycles. The summed E-state index contributed by atoms with van der Waals surface area (Å²) in [5.41, 5.74) is 2.33. The van der Waals surface area contributed by atoms with Crippen LogP contribution in [0.1, 0.15) is 25.0 Å². The maximum absolute atomic E-state index is 14.2. The second-order valence-electron chi connectivity index (χ2n) is 8.30. The zero-order chi connectivity index (χ0) is 27.3. The number of aromatic nitrogens is 1. The van der Waals surface area contributed by atoms with Crippen molar-refractivity contribution in [2.45, 2.75) is 32.2 Å². The SMILES string of the molecule is CCOP(=O)(OCC)c1c(-c2ccccc2)noc1N(Cc1ccccc1Br)S(=O)(=O)c1ccc(C)cc1. The largest absolute Gasteiger partial charge is 0.369 e. The minimum atomic E-state index is -4.22. The van der Waals surface area contributed by atoms with Gasteiger partial charge in [0.15, 0.2) is 5.30 Å². The van der Waals surface area contributed by atoms with Crippen molar-refractivity contribution >= 4 is 44.7 Å². The van der Waals surface area contributed by atoms with E-state index in [1.807, 2.05) is 25.1 Å². The van der Waals surface area contributed by atoms with Gasteiger partial charge in [-0.25, -0.2) is 12.7 Å². The van der Waals surface area contributed by atoms with E-state index in [9.17, 15) is 13.0 Å². The summed E-state index contributed by atoms with van der Waals surface area (Å²) < 4.78 is 61.4. The molecule has 0 N–H and O–H groups in total. The topological polar surface area (TPSA) is 98.9 Å². The van der Waals surface area contributed by atoms with Gasteiger partial charge in [0.25, 0.3) is 15.9 Å². The Morgan fingerprint density at radius 2 is 1.53 bits per heavy atom. The van der Waals surface area contributed by atoms with E-state index in [0.29, 0.717) is 15.6 Å². The Balaban J connectivity index is 2.01. The van der Waals surface area contributed by atoms with Crippen LogP contribution in [0.15, 0.2) is 92.8 Å². The zero-order valence-corrected chi connectivity index (χ0v) is 24.5. The minimum Gasteiger partial charge on any atom is -0.336 e. The molecule has 3 aromatic carbocycles. The van der Waals surface area contributed by atoms with E-state index >= 15 is 0 Å². The summed E-state index contributed by atoms with van der Waals surface area (Å²) in [5, 5.41) is 4.15. The summed E-state index contributed by atoms with van der Waals surface area (Å²) in [6.45, 7) is 5.23. The van der Waals surface area contributed by atoms with Crippen molar-refractivity contribution in [1.29, 1.82) is 0 Å². The van der Waals surface area contributed by atoms with E-state index in [2.05, 4.69) is 21.1 Å². The highest BCUT2D eigenvalue weighted by molar-refractivity contribution is 9.10. The van der Waals surface area contributed by atoms with Gasteiger partial charge < -0.3 is 13.6 Å². The Hall–Kier alpha value is -2.75. The van der Waals surface area contributed by atoms with Crippen LogP contribution in [0.3, 0.4) is 0 Å². The number of aryl methyl sites for hydroxylation is 1. The Morgan fingerprint density at radius 3 is 2.13 bits per heavy atom. The van der Waals surface area contributed by atoms with E-state index < -0.39 is 17.6 Å². The molecule has 0 atom stereocenters. The Morgan fingerprint density at radius 1 is 0.921 bits per heavy atom. The average Bonchev–Trinajstić information content (AvgIpc) is 3.35. The molecule has 0 spiro atoms. The van der Waals surface area contributed by atoms with Gasteiger partial charge in [-0.1, -0.05) is 87.3 Å². The van der Waals surface area contributed by atoms with Gasteiger partial charge in [0, 0.05) is 10.0 Å². The molecule has 4 aromatic rings. The van der Waals surface area contributed by atoms with Crippen molar-refractivity contribution in [2.24, 2.45) is 0 Å². The summed E-state index contributed by atoms with van der Waals surface area (Å²) in [5.74, 6) is -0.231. The molecule has 0 aliphatic carbocycles. The van der Waals surface area contributed by atoms with Gasteiger partial charge in [-0.2, -0.15) is 0 Å². The summed E-state index contributed by atoms with van der Waals surface area (Å²) >= 11 is 3.51. The van der Waals surface area contributed by atoms with Crippen LogP contribution in [0, 0.1) is 6.92 Å². The van der Waals surface area contributed by atoms with Gasteiger partial charge in [0.1, 0.15) is 5.69 Å². The maximum Gasteiger partial charge on any atom is 0.369 e. The van der Waals surface area contributed by atoms with Crippen LogP contribution in [0.4, 0.5) is 5.88 Å². The molecule has 38 heavy (non-hydrogen) atoms. The van der Waals surface area contributed by atoms with Crippen LogP contribution in [0.5, 0.6) is 0 Å². The molecule has 0 unspecified atom stereocenters. The minimum absolute atomic E-state index is 0.0430. The number of nitrogens with zero attached hydrogens (tertiary/aromatic N) is 2. The highest BCUT2D eigenvalue weighted by Crippen LogP contribution is 2.52. The lowest BCUT2D eigenvalue weighted by molar-refractivity contribution is 0.230. The van der Waals surface area contributed by atoms with Gasteiger partial charge in [0.05, 0.1) is 24.7 Å². The average molecular weight is 619 g/mol. The molecule has 0 saturated heterocycles. The normalized spacial score (nSPS) is 12.0. The highest BCUT2D eigenvalue weighted by Gasteiger charge is 2.42. The van der Waals surface area contributed by atoms with Crippen molar-refractivity contribution < 1.29 is 26.6 Å². The third kappa shape index (κ3) is 5.80. The predicted octanol–water partition coefficient (Wildman–Crippen LogP) is 6.70. The number of anilines is 1. The molecule has 0 saturated carbocycles. The van der Waals surface area contributed by atoms with E-state index in [-0.39, 0.29) is 41.5 Å². The van der Waals surface area contributed by atoms with Gasteiger partial charge in [-0.15, -0.1) is 0 Å². The third-order valence-corrected chi connectivity index (χ3v) is 10.3. The van der Waals surface area contributed by atoms with Crippen molar-refractivity contribution in [1.82, 2.24) is 5.16 Å². The van der Waals surface area contributed by atoms with E-state index in [4.69, 9.17) is 13.6 Å². The van der Waals surface area contributed by atoms with Crippen LogP contribution >= 0.6 is 23.5 Å². The first kappa shape index (κ1) is 28.3. The fourth-order valence-electron chi connectivity index (χ4n) is 3.86. The first-order valence-corrected chi connectivity index (χ1v) is 15.8. The fraction of sp³-hybridized carbons (Fsp3) is 0.222. The number of benzene rings is 3. The molecule has 8 nitrogen and oxygen atoms in total. The number of hydrogen-bond acceptors (Lipinski definition) is 7. The molecular formula is C27H28BrN2O6PS. The van der Waals surface area contributed by atoms with Crippen molar-refractivity contribution in [2.75, 3.05) is 17.5 Å². The van der Waals surface area contributed by atoms with Crippen molar-refractivity contribution in [3.63, 3.8) is 0 Å². The van der Waals surface area contributed by atoms with Gasteiger partial charge in [0.2, 0.25) is 0 Å². The number of hydrogen-bond donors (Lipinski definition) is 0. The predicted molar refractivity (Wildman–Crippen MR) is 151 cm³/mol. The van der Waals surface area contributed by atoms with Gasteiger partial charge >= 0.3 is 7.60 Å². The smallest absolute Gasteiger partial charge is 0.336 e. The highest BCUT2D eigenvalue weighted by atomic mass is 79.9. The molecule has 11 heteroatoms. The monoisotopic (exact) mass is 618 g/mol. The summed E-state index contributed by atoms with van der Waals surface area (Å²) in [6.07, 6.45) is 0. The van der Waals surface area contributed by atoms with Crippen LogP contribution in [-0.4, -0.2) is 26.8 Å². The Bertz CT molecular complexity index is 1530. The summed E-state index contributed by atoms with van der Waals surface area (Å²) in [7, 11) is -8.30. The van der Waals surface area contributed by atoms with Crippen LogP contribution < -0.4 is 9.61 Å². The lowest BCUT2D eigenvalue weighted by Gasteiger charge is -2.25. The van der Waals surface area contributed by atoms with Crippen LogP contribution in [0.2, 0.25) is 0 Å². The Labute approximate surface area is 231 Å². The molecule has 200 valence electrons. The fourth-order valence-corrected chi connectivity index (χ4v) is 7.57. The van der Waals surface area contributed by atoms with Crippen LogP contribution in [0.25, 0.3) is 11.3 Å². The van der Waals surface area contributed by atoms with E-state index in [1.165, 1.54) is 12.1 Å². The summed E-state index contributed by atoms with van der Waals surface area (Å²) in [6, 6.07) is 22.7. The molecule has 0 aliphatic rings. The molecule has 1 aromatic heterocycles. The lowest BCUT2D eigenvalue weighted by atomic mass is 10.1. The van der Waals surface area contributed by atoms with E-state index in [1.54, 1.807) is 62.4 Å². The first-order valence-electron chi connectivity index (χ1n) is 12.0. The maximum atomic E-state index is 14.2. The third-order valence-electron chi connectivity index (χ3n) is 5.68. The first-order chi connectivity index (χ1) is 18.2. The second kappa shape index (κ2) is 12.0. The molecule has 0 amide bonds. The second-order valence-corrected chi connectivity index (χ2v) is 13.0. The molecule has 1 heterocycles. The van der Waals surface area contributed by atoms with Crippen LogP contribution in [-0.2, 0) is 30.2 Å². The van der Waals surface area contributed by atoms with Gasteiger partial charge in [-0.3, -0.25) is 4.57 Å². The number of halogens is 1. The molecule has 0 fully saturated rings. The molecule has 0 bridgehead atoms. The van der Waals surface area contributed by atoms with Gasteiger partial charge in [-0.05, 0) is 44.5 Å². The number of rotatable bonds is 11. The standard InChI is InChI=1S/C27H28BrN2O6PS/c1-4-34-37(31,35-5-2)26-25(21-11-7-6-8-12-21)29-36-27(26)30(19-22-13-9-10-14-24(22)28)38(32,33)23-17-15-20(3)16-18-23/h6-18H,4-5,19H2,1-3H3. The summed E-state index contributed by atoms with van der Waals surface area (Å²) in [4.78, 5) is 0.0430. The van der Waals surface area contributed by atoms with Crippen molar-refractivity contribution in [3.8, 4) is 11.3 Å². The number of sulfonamides is 1. The lowest BCUT2D eigenvalue weighted by Crippen LogP contribution is -2.34. The Kier molecular flexibility index (Phi) is 8.90. The molecule has 0 radical (unpaired) electrons. The van der Waals surface area contributed by atoms with E-state index in [0.717, 1.165) is 9.87 Å². The quantitative estimate of drug-likeness (QED) is 0.172. The zero-order valence-electron chi connectivity index (χ0n) is 21.2. The molecule has 4 rings (SSSR count). The molecular weight excluding hydrogens is 591 g/mol. The van der Waals surface area contributed by atoms with Crippen molar-refractivity contribution in [3.05, 3.63) is 94.5 Å².